The van der Waals surface area contributed by atoms with Gasteiger partial charge in [-0.2, -0.15) is 5.10 Å². The number of ether oxygens (including phenoxy) is 1. The molecule has 108 valence electrons. The Morgan fingerprint density at radius 2 is 2.10 bits per heavy atom. The third kappa shape index (κ3) is 2.64. The Labute approximate surface area is 121 Å². The van der Waals surface area contributed by atoms with Crippen LogP contribution < -0.4 is 4.74 Å². The van der Waals surface area contributed by atoms with Crippen molar-refractivity contribution in [1.82, 2.24) is 9.78 Å². The first-order valence-corrected chi connectivity index (χ1v) is 6.58. The third-order valence-electron chi connectivity index (χ3n) is 3.03. The first-order chi connectivity index (χ1) is 9.45. The lowest BCUT2D eigenvalue weighted by Gasteiger charge is -2.17. The summed E-state index contributed by atoms with van der Waals surface area (Å²) in [7, 11) is 1.50. The summed E-state index contributed by atoms with van der Waals surface area (Å²) in [5.41, 5.74) is 0.886. The highest BCUT2D eigenvalue weighted by Crippen LogP contribution is 2.32. The zero-order valence-electron chi connectivity index (χ0n) is 11.5. The van der Waals surface area contributed by atoms with Crippen molar-refractivity contribution in [2.24, 2.45) is 0 Å². The van der Waals surface area contributed by atoms with Crippen LogP contribution in [0.5, 0.6) is 5.75 Å². The second-order valence-corrected chi connectivity index (χ2v) is 5.12. The molecular weight excluding hydrogens is 283 g/mol. The van der Waals surface area contributed by atoms with Crippen molar-refractivity contribution in [3.05, 3.63) is 46.5 Å². The summed E-state index contributed by atoms with van der Waals surface area (Å²) in [4.78, 5) is 0. The van der Waals surface area contributed by atoms with E-state index in [1.54, 1.807) is 10.7 Å². The largest absolute Gasteiger partial charge is 0.493 e. The number of benzene rings is 1. The molecule has 1 heterocycles. The molecule has 0 spiro atoms. The van der Waals surface area contributed by atoms with E-state index in [9.17, 15) is 9.50 Å². The maximum Gasteiger partial charge on any atom is 0.163 e. The van der Waals surface area contributed by atoms with Crippen LogP contribution in [0.4, 0.5) is 4.39 Å². The molecule has 0 aliphatic rings. The summed E-state index contributed by atoms with van der Waals surface area (Å²) in [6.07, 6.45) is 0.492. The predicted octanol–water partition coefficient (Wildman–Crippen LogP) is 3.35. The Kier molecular flexibility index (Phi) is 4.30. The van der Waals surface area contributed by atoms with Crippen LogP contribution in [0.1, 0.15) is 37.3 Å². The van der Waals surface area contributed by atoms with Gasteiger partial charge in [-0.05, 0) is 31.5 Å². The van der Waals surface area contributed by atoms with Crippen molar-refractivity contribution in [1.29, 1.82) is 0 Å². The molecule has 0 radical (unpaired) electrons. The number of aromatic nitrogens is 2. The minimum absolute atomic E-state index is 0.0188. The SMILES string of the molecule is COc1cnn(C(C)C)c1C(O)c1ccc(Cl)c(F)c1. The monoisotopic (exact) mass is 298 g/mol. The van der Waals surface area contributed by atoms with Crippen LogP contribution in [0.3, 0.4) is 0 Å². The highest BCUT2D eigenvalue weighted by Gasteiger charge is 2.23. The van der Waals surface area contributed by atoms with Gasteiger partial charge in [0.25, 0.3) is 0 Å². The van der Waals surface area contributed by atoms with E-state index in [1.807, 2.05) is 13.8 Å². The molecule has 0 aliphatic carbocycles. The second-order valence-electron chi connectivity index (χ2n) is 4.71. The van der Waals surface area contributed by atoms with Crippen LogP contribution in [0.2, 0.25) is 5.02 Å². The van der Waals surface area contributed by atoms with Crippen molar-refractivity contribution < 1.29 is 14.2 Å². The quantitative estimate of drug-likeness (QED) is 0.941. The summed E-state index contributed by atoms with van der Waals surface area (Å²) in [5.74, 6) is -0.112. The molecule has 1 aromatic heterocycles. The molecule has 1 N–H and O–H groups in total. The number of nitrogens with zero attached hydrogens (tertiary/aromatic N) is 2. The fraction of sp³-hybridized carbons (Fsp3) is 0.357. The normalized spacial score (nSPS) is 12.8. The summed E-state index contributed by atoms with van der Waals surface area (Å²) < 4.78 is 20.4. The molecule has 0 aliphatic heterocycles. The molecule has 0 saturated carbocycles. The molecule has 1 aromatic carbocycles. The zero-order chi connectivity index (χ0) is 14.9. The van der Waals surface area contributed by atoms with Gasteiger partial charge in [0, 0.05) is 6.04 Å². The molecule has 6 heteroatoms. The zero-order valence-corrected chi connectivity index (χ0v) is 12.2. The third-order valence-corrected chi connectivity index (χ3v) is 3.33. The average Bonchev–Trinajstić information content (AvgIpc) is 2.85. The van der Waals surface area contributed by atoms with Gasteiger partial charge in [-0.3, -0.25) is 4.68 Å². The molecule has 4 nitrogen and oxygen atoms in total. The van der Waals surface area contributed by atoms with Crippen molar-refractivity contribution in [3.63, 3.8) is 0 Å². The number of hydrogen-bond acceptors (Lipinski definition) is 3. The maximum atomic E-state index is 13.5. The minimum Gasteiger partial charge on any atom is -0.493 e. The van der Waals surface area contributed by atoms with E-state index in [0.29, 0.717) is 17.0 Å². The molecular formula is C14H16ClFN2O2. The smallest absolute Gasteiger partial charge is 0.163 e. The fourth-order valence-electron chi connectivity index (χ4n) is 2.03. The highest BCUT2D eigenvalue weighted by atomic mass is 35.5. The first kappa shape index (κ1) is 14.8. The minimum atomic E-state index is -1.04. The molecule has 20 heavy (non-hydrogen) atoms. The number of rotatable bonds is 4. The number of halogens is 2. The lowest BCUT2D eigenvalue weighted by molar-refractivity contribution is 0.199. The van der Waals surface area contributed by atoms with E-state index >= 15 is 0 Å². The van der Waals surface area contributed by atoms with Gasteiger partial charge in [0.1, 0.15) is 17.6 Å². The number of methoxy groups -OCH3 is 1. The lowest BCUT2D eigenvalue weighted by atomic mass is 10.1. The van der Waals surface area contributed by atoms with E-state index in [-0.39, 0.29) is 11.1 Å². The number of aliphatic hydroxyl groups excluding tert-OH is 1. The molecule has 2 aromatic rings. The Balaban J connectivity index is 2.49. The standard InChI is InChI=1S/C14H16ClFN2O2/c1-8(2)18-13(12(20-3)7-17-18)14(19)9-4-5-10(15)11(16)6-9/h4-8,14,19H,1-3H3. The van der Waals surface area contributed by atoms with Gasteiger partial charge in [0.2, 0.25) is 0 Å². The second kappa shape index (κ2) is 5.81. The van der Waals surface area contributed by atoms with Gasteiger partial charge in [0.15, 0.2) is 5.75 Å². The summed E-state index contributed by atoms with van der Waals surface area (Å²) in [5, 5.41) is 14.7. The van der Waals surface area contributed by atoms with Crippen LogP contribution in [-0.2, 0) is 0 Å². The molecule has 0 saturated heterocycles. The molecule has 2 rings (SSSR count). The van der Waals surface area contributed by atoms with E-state index in [4.69, 9.17) is 16.3 Å². The molecule has 1 atom stereocenters. The Bertz CT molecular complexity index is 613. The van der Waals surface area contributed by atoms with Gasteiger partial charge >= 0.3 is 0 Å². The Morgan fingerprint density at radius 3 is 2.65 bits per heavy atom. The summed E-state index contributed by atoms with van der Waals surface area (Å²) in [6.45, 7) is 3.87. The van der Waals surface area contributed by atoms with Gasteiger partial charge < -0.3 is 9.84 Å². The van der Waals surface area contributed by atoms with Gasteiger partial charge in [-0.1, -0.05) is 17.7 Å². The summed E-state index contributed by atoms with van der Waals surface area (Å²) in [6, 6.07) is 4.25. The molecule has 0 amide bonds. The van der Waals surface area contributed by atoms with E-state index in [0.717, 1.165) is 0 Å². The highest BCUT2D eigenvalue weighted by molar-refractivity contribution is 6.30. The van der Waals surface area contributed by atoms with Crippen LogP contribution in [0, 0.1) is 5.82 Å². The first-order valence-electron chi connectivity index (χ1n) is 6.20. The fourth-order valence-corrected chi connectivity index (χ4v) is 2.14. The lowest BCUT2D eigenvalue weighted by Crippen LogP contribution is -2.13. The van der Waals surface area contributed by atoms with Crippen molar-refractivity contribution in [2.75, 3.05) is 7.11 Å². The van der Waals surface area contributed by atoms with Gasteiger partial charge in [-0.25, -0.2) is 4.39 Å². The Hall–Kier alpha value is -1.59. The van der Waals surface area contributed by atoms with E-state index < -0.39 is 11.9 Å². The van der Waals surface area contributed by atoms with Crippen LogP contribution >= 0.6 is 11.6 Å². The van der Waals surface area contributed by atoms with Crippen LogP contribution in [0.25, 0.3) is 0 Å². The van der Waals surface area contributed by atoms with Crippen molar-refractivity contribution in [2.45, 2.75) is 26.0 Å². The van der Waals surface area contributed by atoms with Crippen LogP contribution in [0.15, 0.2) is 24.4 Å². The van der Waals surface area contributed by atoms with Gasteiger partial charge in [-0.15, -0.1) is 0 Å². The van der Waals surface area contributed by atoms with E-state index in [2.05, 4.69) is 5.10 Å². The topological polar surface area (TPSA) is 47.3 Å². The maximum absolute atomic E-state index is 13.5. The van der Waals surface area contributed by atoms with E-state index in [1.165, 1.54) is 25.4 Å². The number of hydrogen-bond donors (Lipinski definition) is 1. The average molecular weight is 299 g/mol. The van der Waals surface area contributed by atoms with Crippen LogP contribution in [-0.4, -0.2) is 22.0 Å². The Morgan fingerprint density at radius 1 is 1.40 bits per heavy atom. The molecule has 1 unspecified atom stereocenters. The van der Waals surface area contributed by atoms with Crippen molar-refractivity contribution >= 4 is 11.6 Å². The molecule has 0 bridgehead atoms. The van der Waals surface area contributed by atoms with Gasteiger partial charge in [0.05, 0.1) is 18.3 Å². The van der Waals surface area contributed by atoms with Crippen molar-refractivity contribution in [3.8, 4) is 5.75 Å². The molecule has 0 fully saturated rings. The summed E-state index contributed by atoms with van der Waals surface area (Å²) >= 11 is 5.65. The predicted molar refractivity (Wildman–Crippen MR) is 74.6 cm³/mol. The number of aliphatic hydroxyl groups is 1.